The lowest BCUT2D eigenvalue weighted by molar-refractivity contribution is 0.319. The zero-order valence-electron chi connectivity index (χ0n) is 13.7. The third-order valence-corrected chi connectivity index (χ3v) is 5.11. The van der Waals surface area contributed by atoms with Crippen molar-refractivity contribution in [1.82, 2.24) is 15.0 Å². The molecule has 0 radical (unpaired) electrons. The summed E-state index contributed by atoms with van der Waals surface area (Å²) in [5, 5.41) is 0.577. The molecule has 0 aliphatic heterocycles. The number of benzene rings is 2. The molecule has 138 valence electrons. The molecule has 4 N–H and O–H groups in total. The maximum atomic E-state index is 15.3. The summed E-state index contributed by atoms with van der Waals surface area (Å²) in [5.41, 5.74) is 11.8. The molecule has 6 nitrogen and oxygen atoms in total. The first-order valence-electron chi connectivity index (χ1n) is 7.81. The van der Waals surface area contributed by atoms with Crippen LogP contribution in [0.3, 0.4) is 0 Å². The fourth-order valence-electron chi connectivity index (χ4n) is 2.82. The summed E-state index contributed by atoms with van der Waals surface area (Å²) in [6.07, 6.45) is 1.19. The van der Waals surface area contributed by atoms with Gasteiger partial charge in [-0.05, 0) is 18.2 Å². The summed E-state index contributed by atoms with van der Waals surface area (Å²) in [4.78, 5) is 12.1. The first-order chi connectivity index (χ1) is 13.0. The van der Waals surface area contributed by atoms with Crippen LogP contribution in [0.1, 0.15) is 0 Å². The average Bonchev–Trinajstić information content (AvgIpc) is 3.04. The highest BCUT2D eigenvalue weighted by molar-refractivity contribution is 7.22. The molecule has 0 unspecified atom stereocenters. The van der Waals surface area contributed by atoms with Crippen LogP contribution in [-0.2, 0) is 0 Å². The predicted octanol–water partition coefficient (Wildman–Crippen LogP) is 3.76. The van der Waals surface area contributed by atoms with E-state index in [0.29, 0.717) is 10.9 Å². The average molecular weight is 408 g/mol. The van der Waals surface area contributed by atoms with Crippen LogP contribution in [0.15, 0.2) is 24.5 Å². The molecule has 2 heterocycles. The van der Waals surface area contributed by atoms with Gasteiger partial charge in [-0.25, -0.2) is 23.7 Å². The van der Waals surface area contributed by atoms with Crippen molar-refractivity contribution in [2.75, 3.05) is 18.9 Å². The molecule has 0 fully saturated rings. The van der Waals surface area contributed by atoms with Crippen molar-refractivity contribution in [2.24, 2.45) is 5.73 Å². The van der Waals surface area contributed by atoms with Crippen LogP contribution < -0.4 is 16.2 Å². The van der Waals surface area contributed by atoms with Gasteiger partial charge in [0.25, 0.3) is 0 Å². The van der Waals surface area contributed by atoms with E-state index in [1.807, 2.05) is 0 Å². The zero-order valence-corrected chi connectivity index (χ0v) is 15.2. The molecule has 0 atom stereocenters. The van der Waals surface area contributed by atoms with Gasteiger partial charge in [-0.15, -0.1) is 0 Å². The van der Waals surface area contributed by atoms with Gasteiger partial charge in [0.1, 0.15) is 24.3 Å². The van der Waals surface area contributed by atoms with Gasteiger partial charge in [0.15, 0.2) is 10.9 Å². The third kappa shape index (κ3) is 2.93. The Morgan fingerprint density at radius 3 is 2.78 bits per heavy atom. The summed E-state index contributed by atoms with van der Waals surface area (Å²) in [6.45, 7) is 0.488. The number of aromatic nitrogens is 3. The number of nitrogens with zero attached hydrogens (tertiary/aromatic N) is 3. The standard InChI is InChI=1S/C17H12ClF2N5OS/c18-9-5-8-13(23-6-24-16(8)26-4-3-21)12(20)11(9)7-1-2-10(19)15-14(7)25-17(22)27-15/h1-2,5-6H,3-4,21H2,(H2,22,25). The van der Waals surface area contributed by atoms with Crippen LogP contribution in [-0.4, -0.2) is 28.1 Å². The number of ether oxygens (including phenoxy) is 1. The minimum absolute atomic E-state index is 0.0251. The topological polar surface area (TPSA) is 99.9 Å². The van der Waals surface area contributed by atoms with E-state index in [9.17, 15) is 4.39 Å². The van der Waals surface area contributed by atoms with Gasteiger partial charge in [0.05, 0.1) is 20.6 Å². The van der Waals surface area contributed by atoms with Gasteiger partial charge in [-0.1, -0.05) is 22.9 Å². The Kier molecular flexibility index (Phi) is 4.50. The van der Waals surface area contributed by atoms with Crippen molar-refractivity contribution in [2.45, 2.75) is 0 Å². The van der Waals surface area contributed by atoms with Gasteiger partial charge < -0.3 is 16.2 Å². The predicted molar refractivity (Wildman–Crippen MR) is 102 cm³/mol. The van der Waals surface area contributed by atoms with Crippen molar-refractivity contribution >= 4 is 49.2 Å². The summed E-state index contributed by atoms with van der Waals surface area (Å²) in [5.74, 6) is -0.989. The second-order valence-electron chi connectivity index (χ2n) is 5.58. The van der Waals surface area contributed by atoms with Crippen LogP contribution in [0.5, 0.6) is 5.88 Å². The molecule has 0 aliphatic carbocycles. The summed E-state index contributed by atoms with van der Waals surface area (Å²) < 4.78 is 35.1. The Hall–Kier alpha value is -2.62. The summed E-state index contributed by atoms with van der Waals surface area (Å²) in [7, 11) is 0. The lowest BCUT2D eigenvalue weighted by Gasteiger charge is -2.12. The lowest BCUT2D eigenvalue weighted by Crippen LogP contribution is -2.11. The molecule has 0 bridgehead atoms. The SMILES string of the molecule is NCCOc1ncnc2c(F)c(-c3ccc(F)c4sc(N)nc34)c(Cl)cc12. The normalized spacial score (nSPS) is 11.4. The molecular weight excluding hydrogens is 396 g/mol. The van der Waals surface area contributed by atoms with Crippen LogP contribution in [0.25, 0.3) is 32.2 Å². The smallest absolute Gasteiger partial charge is 0.224 e. The molecule has 0 saturated heterocycles. The van der Waals surface area contributed by atoms with Crippen molar-refractivity contribution in [3.63, 3.8) is 0 Å². The van der Waals surface area contributed by atoms with E-state index in [1.54, 1.807) is 0 Å². The number of halogens is 3. The quantitative estimate of drug-likeness (QED) is 0.534. The van der Waals surface area contributed by atoms with Gasteiger partial charge in [-0.3, -0.25) is 0 Å². The minimum atomic E-state index is -0.683. The zero-order chi connectivity index (χ0) is 19.1. The molecule has 0 aliphatic rings. The highest BCUT2D eigenvalue weighted by Gasteiger charge is 2.22. The number of nitrogen functional groups attached to an aromatic ring is 1. The lowest BCUT2D eigenvalue weighted by atomic mass is 10.0. The van der Waals surface area contributed by atoms with Crippen molar-refractivity contribution < 1.29 is 13.5 Å². The van der Waals surface area contributed by atoms with Gasteiger partial charge in [0.2, 0.25) is 5.88 Å². The number of hydrogen-bond acceptors (Lipinski definition) is 7. The van der Waals surface area contributed by atoms with Gasteiger partial charge >= 0.3 is 0 Å². The summed E-state index contributed by atoms with van der Waals surface area (Å²) in [6, 6.07) is 4.15. The van der Waals surface area contributed by atoms with Crippen LogP contribution >= 0.6 is 22.9 Å². The second kappa shape index (κ2) is 6.84. The van der Waals surface area contributed by atoms with E-state index in [-0.39, 0.29) is 50.5 Å². The third-order valence-electron chi connectivity index (χ3n) is 3.92. The van der Waals surface area contributed by atoms with E-state index < -0.39 is 11.6 Å². The van der Waals surface area contributed by atoms with Crippen molar-refractivity contribution in [3.05, 3.63) is 41.2 Å². The summed E-state index contributed by atoms with van der Waals surface area (Å²) >= 11 is 7.35. The second-order valence-corrected chi connectivity index (χ2v) is 7.02. The first kappa shape index (κ1) is 17.8. The Morgan fingerprint density at radius 2 is 2.00 bits per heavy atom. The molecule has 0 amide bonds. The number of rotatable bonds is 4. The van der Waals surface area contributed by atoms with Crippen LogP contribution in [0.4, 0.5) is 13.9 Å². The highest BCUT2D eigenvalue weighted by atomic mass is 35.5. The number of hydrogen-bond donors (Lipinski definition) is 2. The largest absolute Gasteiger partial charge is 0.476 e. The van der Waals surface area contributed by atoms with Crippen LogP contribution in [0, 0.1) is 11.6 Å². The molecule has 4 aromatic rings. The maximum absolute atomic E-state index is 15.3. The van der Waals surface area contributed by atoms with Crippen molar-refractivity contribution in [1.29, 1.82) is 0 Å². The Balaban J connectivity index is 2.00. The van der Waals surface area contributed by atoms with Crippen LogP contribution in [0.2, 0.25) is 5.02 Å². The molecule has 10 heteroatoms. The van der Waals surface area contributed by atoms with E-state index in [0.717, 1.165) is 11.3 Å². The Labute approximate surface area is 160 Å². The van der Waals surface area contributed by atoms with Crippen molar-refractivity contribution in [3.8, 4) is 17.0 Å². The number of nitrogens with two attached hydrogens (primary N) is 2. The molecule has 2 aromatic carbocycles. The maximum Gasteiger partial charge on any atom is 0.224 e. The number of fused-ring (bicyclic) bond motifs is 2. The van der Waals surface area contributed by atoms with E-state index in [2.05, 4.69) is 15.0 Å². The van der Waals surface area contributed by atoms with Gasteiger partial charge in [0, 0.05) is 17.7 Å². The number of thiazole rings is 1. The molecule has 4 rings (SSSR count). The first-order valence-corrected chi connectivity index (χ1v) is 9.01. The fourth-order valence-corrected chi connectivity index (χ4v) is 3.88. The van der Waals surface area contributed by atoms with E-state index in [4.69, 9.17) is 27.8 Å². The van der Waals surface area contributed by atoms with E-state index >= 15 is 4.39 Å². The molecule has 0 saturated carbocycles. The minimum Gasteiger partial charge on any atom is -0.476 e. The molecule has 27 heavy (non-hydrogen) atoms. The highest BCUT2D eigenvalue weighted by Crippen LogP contribution is 2.41. The Morgan fingerprint density at radius 1 is 1.19 bits per heavy atom. The van der Waals surface area contributed by atoms with Gasteiger partial charge in [-0.2, -0.15) is 0 Å². The van der Waals surface area contributed by atoms with E-state index in [1.165, 1.54) is 24.5 Å². The molecule has 2 aromatic heterocycles. The Bertz CT molecular complexity index is 1180. The number of anilines is 1. The molecular formula is C17H12ClF2N5OS. The fraction of sp³-hybridized carbons (Fsp3) is 0.118. The molecule has 0 spiro atoms. The monoisotopic (exact) mass is 407 g/mol.